The van der Waals surface area contributed by atoms with Crippen LogP contribution in [0.25, 0.3) is 6.08 Å². The van der Waals surface area contributed by atoms with Crippen molar-refractivity contribution in [1.29, 1.82) is 0 Å². The Morgan fingerprint density at radius 3 is 2.73 bits per heavy atom. The Morgan fingerprint density at radius 2 is 2.13 bits per heavy atom. The molecule has 0 saturated carbocycles. The van der Waals surface area contributed by atoms with Crippen molar-refractivity contribution in [3.63, 3.8) is 0 Å². The molecule has 0 atom stereocenters. The first-order chi connectivity index (χ1) is 7.07. The Kier molecular flexibility index (Phi) is 2.58. The second-order valence-corrected chi connectivity index (χ2v) is 5.55. The van der Waals surface area contributed by atoms with Gasteiger partial charge in [0.2, 0.25) is 9.84 Å². The Hall–Kier alpha value is -0.840. The lowest BCUT2D eigenvalue weighted by Gasteiger charge is -2.03. The van der Waals surface area contributed by atoms with Crippen LogP contribution in [0, 0.1) is 0 Å². The number of rotatable bonds is 2. The molecule has 2 rings (SSSR count). The molecule has 0 radical (unpaired) electrons. The fraction of sp³-hybridized carbons (Fsp3) is 0.200. The van der Waals surface area contributed by atoms with Gasteiger partial charge in [-0.2, -0.15) is 0 Å². The first kappa shape index (κ1) is 10.7. The Bertz CT molecular complexity index is 532. The fourth-order valence-electron chi connectivity index (χ4n) is 1.57. The normalized spacial score (nSPS) is 17.3. The molecular formula is C10H9ClO3S. The summed E-state index contributed by atoms with van der Waals surface area (Å²) >= 11 is 5.87. The van der Waals surface area contributed by atoms with E-state index < -0.39 is 9.84 Å². The van der Waals surface area contributed by atoms with E-state index in [1.807, 2.05) is 0 Å². The van der Waals surface area contributed by atoms with Crippen molar-refractivity contribution in [1.82, 2.24) is 0 Å². The molecule has 0 fully saturated rings. The van der Waals surface area contributed by atoms with E-state index in [9.17, 15) is 8.42 Å². The summed E-state index contributed by atoms with van der Waals surface area (Å²) in [7, 11) is -1.98. The minimum absolute atomic E-state index is 0.0767. The van der Waals surface area contributed by atoms with Gasteiger partial charge in [-0.15, -0.1) is 0 Å². The van der Waals surface area contributed by atoms with Crippen LogP contribution in [-0.2, 0) is 14.6 Å². The second kappa shape index (κ2) is 3.63. The summed E-state index contributed by atoms with van der Waals surface area (Å²) in [4.78, 5) is 0.451. The molecule has 1 aromatic carbocycles. The molecule has 1 aliphatic rings. The summed E-state index contributed by atoms with van der Waals surface area (Å²) in [5.74, 6) is 0. The highest BCUT2D eigenvalue weighted by atomic mass is 35.5. The molecule has 0 unspecified atom stereocenters. The average molecular weight is 245 g/mol. The molecule has 0 spiro atoms. The van der Waals surface area contributed by atoms with E-state index in [0.29, 0.717) is 5.56 Å². The van der Waals surface area contributed by atoms with Crippen molar-refractivity contribution in [2.24, 2.45) is 0 Å². The summed E-state index contributed by atoms with van der Waals surface area (Å²) in [6.45, 7) is 0.0767. The van der Waals surface area contributed by atoms with Crippen molar-refractivity contribution in [3.8, 4) is 0 Å². The van der Waals surface area contributed by atoms with Crippen LogP contribution >= 0.6 is 11.6 Å². The zero-order chi connectivity index (χ0) is 11.1. The van der Waals surface area contributed by atoms with E-state index in [2.05, 4.69) is 0 Å². The van der Waals surface area contributed by atoms with Crippen LogP contribution in [0.1, 0.15) is 5.56 Å². The lowest BCUT2D eigenvalue weighted by Crippen LogP contribution is -2.05. The Morgan fingerprint density at radius 1 is 1.40 bits per heavy atom. The molecule has 15 heavy (non-hydrogen) atoms. The number of fused-ring (bicyclic) bond motifs is 1. The molecule has 0 bridgehead atoms. The predicted molar refractivity (Wildman–Crippen MR) is 58.5 cm³/mol. The van der Waals surface area contributed by atoms with Crippen molar-refractivity contribution in [2.75, 3.05) is 13.7 Å². The summed E-state index contributed by atoms with van der Waals surface area (Å²) in [6, 6.07) is 5.02. The van der Waals surface area contributed by atoms with Crippen molar-refractivity contribution < 1.29 is 13.2 Å². The van der Waals surface area contributed by atoms with E-state index in [0.717, 1.165) is 0 Å². The number of hydrogen-bond donors (Lipinski definition) is 0. The molecule has 5 heteroatoms. The van der Waals surface area contributed by atoms with E-state index in [1.54, 1.807) is 24.3 Å². The number of halogens is 1. The van der Waals surface area contributed by atoms with Crippen LogP contribution in [0.2, 0.25) is 5.02 Å². The third-order valence-corrected chi connectivity index (χ3v) is 4.56. The zero-order valence-electron chi connectivity index (χ0n) is 8.03. The van der Waals surface area contributed by atoms with Crippen LogP contribution in [0.3, 0.4) is 0 Å². The SMILES string of the molecule is COCC1=Cc2cccc(Cl)c2S1(=O)=O. The number of ether oxygens (including phenoxy) is 1. The van der Waals surface area contributed by atoms with Crippen LogP contribution < -0.4 is 0 Å². The molecule has 1 aliphatic heterocycles. The largest absolute Gasteiger partial charge is 0.379 e. The topological polar surface area (TPSA) is 43.4 Å². The lowest BCUT2D eigenvalue weighted by atomic mass is 10.2. The maximum Gasteiger partial charge on any atom is 0.207 e. The highest BCUT2D eigenvalue weighted by molar-refractivity contribution is 7.96. The Labute approximate surface area is 93.2 Å². The van der Waals surface area contributed by atoms with Crippen molar-refractivity contribution in [2.45, 2.75) is 4.90 Å². The molecule has 1 aromatic rings. The maximum atomic E-state index is 12.0. The van der Waals surface area contributed by atoms with E-state index in [1.165, 1.54) is 7.11 Å². The first-order valence-electron chi connectivity index (χ1n) is 4.30. The van der Waals surface area contributed by atoms with Gasteiger partial charge in [-0.25, -0.2) is 8.42 Å². The molecule has 0 aliphatic carbocycles. The Balaban J connectivity index is 2.64. The van der Waals surface area contributed by atoms with Crippen LogP contribution in [0.4, 0.5) is 0 Å². The quantitative estimate of drug-likeness (QED) is 0.800. The summed E-state index contributed by atoms with van der Waals surface area (Å²) in [6.07, 6.45) is 1.60. The van der Waals surface area contributed by atoms with Gasteiger partial charge >= 0.3 is 0 Å². The number of hydrogen-bond acceptors (Lipinski definition) is 3. The van der Waals surface area contributed by atoms with Crippen molar-refractivity contribution >= 4 is 27.5 Å². The van der Waals surface area contributed by atoms with Gasteiger partial charge in [-0.3, -0.25) is 0 Å². The average Bonchev–Trinajstić information content (AvgIpc) is 2.40. The van der Waals surface area contributed by atoms with Crippen molar-refractivity contribution in [3.05, 3.63) is 33.7 Å². The highest BCUT2D eigenvalue weighted by Gasteiger charge is 2.31. The number of sulfone groups is 1. The van der Waals surface area contributed by atoms with Gasteiger partial charge in [-0.1, -0.05) is 23.7 Å². The van der Waals surface area contributed by atoms with Crippen LogP contribution in [-0.4, -0.2) is 22.1 Å². The van der Waals surface area contributed by atoms with E-state index >= 15 is 0 Å². The smallest absolute Gasteiger partial charge is 0.207 e. The molecule has 0 saturated heterocycles. The fourth-order valence-corrected chi connectivity index (χ4v) is 3.63. The molecule has 1 heterocycles. The molecule has 80 valence electrons. The summed E-state index contributed by atoms with van der Waals surface area (Å²) < 4.78 is 28.8. The van der Waals surface area contributed by atoms with Gasteiger partial charge in [0.1, 0.15) is 0 Å². The van der Waals surface area contributed by atoms with Gasteiger partial charge in [0.25, 0.3) is 0 Å². The third kappa shape index (κ3) is 1.58. The molecule has 0 aromatic heterocycles. The molecule has 0 N–H and O–H groups in total. The predicted octanol–water partition coefficient (Wildman–Crippen LogP) is 2.11. The standard InChI is InChI=1S/C10H9ClO3S/c1-14-6-8-5-7-3-2-4-9(11)10(7)15(8,12)13/h2-5H,6H2,1H3. The van der Waals surface area contributed by atoms with Crippen LogP contribution in [0.15, 0.2) is 28.0 Å². The van der Waals surface area contributed by atoms with Gasteiger partial charge in [0.05, 0.1) is 21.4 Å². The summed E-state index contributed by atoms with van der Waals surface area (Å²) in [5.41, 5.74) is 0.634. The zero-order valence-corrected chi connectivity index (χ0v) is 9.60. The van der Waals surface area contributed by atoms with E-state index in [4.69, 9.17) is 16.3 Å². The monoisotopic (exact) mass is 244 g/mol. The lowest BCUT2D eigenvalue weighted by molar-refractivity contribution is 0.231. The van der Waals surface area contributed by atoms with Crippen LogP contribution in [0.5, 0.6) is 0 Å². The summed E-state index contributed by atoms with van der Waals surface area (Å²) in [5, 5.41) is 0.259. The maximum absolute atomic E-state index is 12.0. The minimum Gasteiger partial charge on any atom is -0.379 e. The van der Waals surface area contributed by atoms with Gasteiger partial charge in [0, 0.05) is 7.11 Å². The van der Waals surface area contributed by atoms with E-state index in [-0.39, 0.29) is 21.4 Å². The minimum atomic E-state index is -3.44. The molecule has 3 nitrogen and oxygen atoms in total. The highest BCUT2D eigenvalue weighted by Crippen LogP contribution is 2.37. The third-order valence-electron chi connectivity index (χ3n) is 2.21. The van der Waals surface area contributed by atoms with Gasteiger partial charge in [0.15, 0.2) is 0 Å². The number of benzene rings is 1. The first-order valence-corrected chi connectivity index (χ1v) is 6.16. The molecule has 0 amide bonds. The van der Waals surface area contributed by atoms with Gasteiger partial charge in [-0.05, 0) is 17.7 Å². The second-order valence-electron chi connectivity index (χ2n) is 3.21. The number of methoxy groups -OCH3 is 1. The van der Waals surface area contributed by atoms with Gasteiger partial charge < -0.3 is 4.74 Å². The molecular weight excluding hydrogens is 236 g/mol.